The van der Waals surface area contributed by atoms with E-state index in [2.05, 4.69) is 9.59 Å². The molecule has 1 heterocycles. The summed E-state index contributed by atoms with van der Waals surface area (Å²) in [5.41, 5.74) is 0.951. The van der Waals surface area contributed by atoms with Crippen LogP contribution in [0.1, 0.15) is 17.0 Å². The molecule has 10 heavy (non-hydrogen) atoms. The molecule has 0 saturated carbocycles. The lowest BCUT2D eigenvalue weighted by Crippen LogP contribution is -1.84. The molecule has 54 valence electrons. The SMILES string of the molecule is Cc1nnsc1CCC=O. The van der Waals surface area contributed by atoms with Crippen LogP contribution in [0.3, 0.4) is 0 Å². The highest BCUT2D eigenvalue weighted by Gasteiger charge is 2.00. The van der Waals surface area contributed by atoms with E-state index in [1.165, 1.54) is 11.5 Å². The van der Waals surface area contributed by atoms with Crippen molar-refractivity contribution in [1.82, 2.24) is 9.59 Å². The summed E-state index contributed by atoms with van der Waals surface area (Å²) in [5, 5.41) is 3.82. The van der Waals surface area contributed by atoms with Crippen LogP contribution in [0.4, 0.5) is 0 Å². The third-order valence-corrected chi connectivity index (χ3v) is 2.12. The molecule has 4 heteroatoms. The standard InChI is InChI=1S/C6H8N2OS/c1-5-6(3-2-4-9)10-8-7-5/h4H,2-3H2,1H3. The van der Waals surface area contributed by atoms with Gasteiger partial charge in [0.1, 0.15) is 6.29 Å². The van der Waals surface area contributed by atoms with Crippen molar-refractivity contribution >= 4 is 17.8 Å². The minimum absolute atomic E-state index is 0.574. The van der Waals surface area contributed by atoms with Crippen molar-refractivity contribution in [2.24, 2.45) is 0 Å². The number of aldehydes is 1. The first-order chi connectivity index (χ1) is 4.84. The van der Waals surface area contributed by atoms with Crippen molar-refractivity contribution in [2.75, 3.05) is 0 Å². The van der Waals surface area contributed by atoms with Crippen LogP contribution in [0.15, 0.2) is 0 Å². The van der Waals surface area contributed by atoms with Crippen LogP contribution in [0.5, 0.6) is 0 Å². The van der Waals surface area contributed by atoms with Gasteiger partial charge in [0, 0.05) is 11.3 Å². The third kappa shape index (κ3) is 1.60. The van der Waals surface area contributed by atoms with Crippen LogP contribution in [0, 0.1) is 6.92 Å². The molecule has 1 rings (SSSR count). The Hall–Kier alpha value is -0.770. The fourth-order valence-electron chi connectivity index (χ4n) is 0.669. The zero-order chi connectivity index (χ0) is 7.40. The van der Waals surface area contributed by atoms with Crippen molar-refractivity contribution in [3.63, 3.8) is 0 Å². The second kappa shape index (κ2) is 3.41. The molecule has 0 unspecified atom stereocenters. The van der Waals surface area contributed by atoms with Gasteiger partial charge >= 0.3 is 0 Å². The van der Waals surface area contributed by atoms with Crippen molar-refractivity contribution in [3.05, 3.63) is 10.6 Å². The Balaban J connectivity index is 2.56. The molecule has 0 aliphatic heterocycles. The molecule has 3 nitrogen and oxygen atoms in total. The molecule has 0 fully saturated rings. The molecule has 0 aliphatic carbocycles. The number of rotatable bonds is 3. The summed E-state index contributed by atoms with van der Waals surface area (Å²) in [6.07, 6.45) is 2.27. The van der Waals surface area contributed by atoms with E-state index in [1.807, 2.05) is 6.92 Å². The van der Waals surface area contributed by atoms with E-state index < -0.39 is 0 Å². The summed E-state index contributed by atoms with van der Waals surface area (Å²) in [4.78, 5) is 11.1. The zero-order valence-corrected chi connectivity index (χ0v) is 6.52. The maximum Gasteiger partial charge on any atom is 0.120 e. The van der Waals surface area contributed by atoms with Gasteiger partial charge in [-0.2, -0.15) is 0 Å². The average molecular weight is 156 g/mol. The van der Waals surface area contributed by atoms with E-state index in [0.29, 0.717) is 6.42 Å². The molecule has 0 aromatic carbocycles. The Kier molecular flexibility index (Phi) is 2.50. The van der Waals surface area contributed by atoms with Gasteiger partial charge in [-0.1, -0.05) is 4.49 Å². The smallest absolute Gasteiger partial charge is 0.120 e. The maximum atomic E-state index is 9.98. The van der Waals surface area contributed by atoms with E-state index in [9.17, 15) is 4.79 Å². The Labute approximate surface area is 63.2 Å². The average Bonchev–Trinajstić information content (AvgIpc) is 2.31. The van der Waals surface area contributed by atoms with Crippen molar-refractivity contribution in [1.29, 1.82) is 0 Å². The van der Waals surface area contributed by atoms with E-state index in [4.69, 9.17) is 0 Å². The van der Waals surface area contributed by atoms with E-state index >= 15 is 0 Å². The highest BCUT2D eigenvalue weighted by Crippen LogP contribution is 2.10. The van der Waals surface area contributed by atoms with Crippen LogP contribution < -0.4 is 0 Å². The summed E-state index contributed by atoms with van der Waals surface area (Å²) in [7, 11) is 0. The predicted molar refractivity (Wildman–Crippen MR) is 39.0 cm³/mol. The van der Waals surface area contributed by atoms with Gasteiger partial charge in [-0.25, -0.2) is 0 Å². The Morgan fingerprint density at radius 3 is 3.00 bits per heavy atom. The molecule has 0 atom stereocenters. The fourth-order valence-corrected chi connectivity index (χ4v) is 1.31. The quantitative estimate of drug-likeness (QED) is 0.612. The number of hydrogen-bond acceptors (Lipinski definition) is 4. The second-order valence-corrected chi connectivity index (χ2v) is 2.83. The number of nitrogens with zero attached hydrogens (tertiary/aromatic N) is 2. The van der Waals surface area contributed by atoms with Crippen LogP contribution in [-0.4, -0.2) is 15.9 Å². The van der Waals surface area contributed by atoms with Gasteiger partial charge in [-0.15, -0.1) is 5.10 Å². The predicted octanol–water partition coefficient (Wildman–Crippen LogP) is 0.978. The molecule has 0 aliphatic rings. The first kappa shape index (κ1) is 7.34. The molecule has 0 radical (unpaired) electrons. The zero-order valence-electron chi connectivity index (χ0n) is 5.70. The summed E-state index contributed by atoms with van der Waals surface area (Å²) < 4.78 is 3.75. The molecule has 0 N–H and O–H groups in total. The molecule has 0 spiro atoms. The number of carbonyl (C=O) groups is 1. The van der Waals surface area contributed by atoms with Gasteiger partial charge in [0.2, 0.25) is 0 Å². The van der Waals surface area contributed by atoms with E-state index in [-0.39, 0.29) is 0 Å². The maximum absolute atomic E-state index is 9.98. The largest absolute Gasteiger partial charge is 0.303 e. The summed E-state index contributed by atoms with van der Waals surface area (Å²) in [6, 6.07) is 0. The molecule has 0 bridgehead atoms. The van der Waals surface area contributed by atoms with Gasteiger partial charge in [0.15, 0.2) is 0 Å². The normalized spacial score (nSPS) is 9.70. The molecule has 1 aromatic heterocycles. The van der Waals surface area contributed by atoms with Crippen LogP contribution >= 0.6 is 11.5 Å². The topological polar surface area (TPSA) is 42.9 Å². The first-order valence-electron chi connectivity index (χ1n) is 3.06. The van der Waals surface area contributed by atoms with Crippen LogP contribution in [0.2, 0.25) is 0 Å². The second-order valence-electron chi connectivity index (χ2n) is 1.99. The van der Waals surface area contributed by atoms with Gasteiger partial charge < -0.3 is 4.79 Å². The lowest BCUT2D eigenvalue weighted by Gasteiger charge is -1.88. The van der Waals surface area contributed by atoms with Gasteiger partial charge in [0.25, 0.3) is 0 Å². The summed E-state index contributed by atoms with van der Waals surface area (Å²) in [6.45, 7) is 1.91. The minimum Gasteiger partial charge on any atom is -0.303 e. The number of hydrogen-bond donors (Lipinski definition) is 0. The van der Waals surface area contributed by atoms with E-state index in [1.54, 1.807) is 0 Å². The molecular weight excluding hydrogens is 148 g/mol. The van der Waals surface area contributed by atoms with Gasteiger partial charge in [-0.05, 0) is 24.9 Å². The van der Waals surface area contributed by atoms with Crippen molar-refractivity contribution < 1.29 is 4.79 Å². The van der Waals surface area contributed by atoms with Crippen molar-refractivity contribution in [2.45, 2.75) is 19.8 Å². The summed E-state index contributed by atoms with van der Waals surface area (Å²) in [5.74, 6) is 0. The fraction of sp³-hybridized carbons (Fsp3) is 0.500. The first-order valence-corrected chi connectivity index (χ1v) is 3.83. The Morgan fingerprint density at radius 1 is 1.70 bits per heavy atom. The Morgan fingerprint density at radius 2 is 2.50 bits per heavy atom. The van der Waals surface area contributed by atoms with Gasteiger partial charge in [0.05, 0.1) is 5.69 Å². The van der Waals surface area contributed by atoms with Crippen molar-refractivity contribution in [3.8, 4) is 0 Å². The number of aryl methyl sites for hydroxylation is 2. The lowest BCUT2D eigenvalue weighted by molar-refractivity contribution is -0.107. The third-order valence-electron chi connectivity index (χ3n) is 1.23. The van der Waals surface area contributed by atoms with E-state index in [0.717, 1.165) is 23.3 Å². The molecule has 1 aromatic rings. The lowest BCUT2D eigenvalue weighted by atomic mass is 10.2. The minimum atomic E-state index is 0.574. The highest BCUT2D eigenvalue weighted by molar-refractivity contribution is 7.05. The van der Waals surface area contributed by atoms with Crippen LogP contribution in [-0.2, 0) is 11.2 Å². The Bertz CT molecular complexity index is 221. The highest BCUT2D eigenvalue weighted by atomic mass is 32.1. The monoisotopic (exact) mass is 156 g/mol. The molecule has 0 saturated heterocycles. The molecule has 0 amide bonds. The van der Waals surface area contributed by atoms with Crippen LogP contribution in [0.25, 0.3) is 0 Å². The number of carbonyl (C=O) groups excluding carboxylic acids is 1. The number of aromatic nitrogens is 2. The summed E-state index contributed by atoms with van der Waals surface area (Å²) >= 11 is 1.37. The van der Waals surface area contributed by atoms with Gasteiger partial charge in [-0.3, -0.25) is 0 Å². The molecular formula is C6H8N2OS.